The summed E-state index contributed by atoms with van der Waals surface area (Å²) in [5, 5.41) is 8.87. The number of aryl methyl sites for hydroxylation is 1. The van der Waals surface area contributed by atoms with Gasteiger partial charge in [0.1, 0.15) is 5.69 Å². The van der Waals surface area contributed by atoms with Gasteiger partial charge in [0.05, 0.1) is 5.56 Å². The van der Waals surface area contributed by atoms with Gasteiger partial charge in [-0.15, -0.1) is 0 Å². The number of piperidine rings is 1. The number of benzene rings is 1. The first-order chi connectivity index (χ1) is 12.1. The van der Waals surface area contributed by atoms with Gasteiger partial charge in [-0.1, -0.05) is 30.3 Å². The molecule has 1 fully saturated rings. The molecule has 25 heavy (non-hydrogen) atoms. The van der Waals surface area contributed by atoms with Crippen LogP contribution in [0.2, 0.25) is 0 Å². The van der Waals surface area contributed by atoms with Crippen molar-refractivity contribution in [2.75, 3.05) is 13.1 Å². The summed E-state index contributed by atoms with van der Waals surface area (Å²) in [5.41, 5.74) is 1.77. The summed E-state index contributed by atoms with van der Waals surface area (Å²) in [6, 6.07) is 13.4. The molecule has 1 aromatic heterocycles. The molecule has 1 aromatic carbocycles. The van der Waals surface area contributed by atoms with Crippen LogP contribution in [0.1, 0.15) is 45.7 Å². The number of aromatic nitrogens is 1. The van der Waals surface area contributed by atoms with Crippen molar-refractivity contribution in [2.24, 2.45) is 5.92 Å². The highest BCUT2D eigenvalue weighted by atomic mass is 16.4. The number of rotatable bonds is 5. The van der Waals surface area contributed by atoms with Crippen LogP contribution in [-0.4, -0.2) is 40.0 Å². The van der Waals surface area contributed by atoms with Gasteiger partial charge >= 0.3 is 5.97 Å². The zero-order chi connectivity index (χ0) is 17.6. The first-order valence-electron chi connectivity index (χ1n) is 8.66. The summed E-state index contributed by atoms with van der Waals surface area (Å²) in [6.07, 6.45) is 5.62. The highest BCUT2D eigenvalue weighted by molar-refractivity contribution is 5.94. The van der Waals surface area contributed by atoms with Crippen LogP contribution < -0.4 is 0 Å². The molecule has 1 saturated heterocycles. The molecule has 130 valence electrons. The average molecular weight is 338 g/mol. The van der Waals surface area contributed by atoms with Gasteiger partial charge < -0.3 is 10.0 Å². The zero-order valence-electron chi connectivity index (χ0n) is 14.1. The molecule has 1 amide bonds. The van der Waals surface area contributed by atoms with E-state index < -0.39 is 5.97 Å². The Morgan fingerprint density at radius 1 is 1.08 bits per heavy atom. The van der Waals surface area contributed by atoms with Crippen LogP contribution in [0.25, 0.3) is 0 Å². The minimum absolute atomic E-state index is 0.0452. The fraction of sp³-hybridized carbons (Fsp3) is 0.350. The van der Waals surface area contributed by atoms with Gasteiger partial charge in [-0.25, -0.2) is 9.78 Å². The van der Waals surface area contributed by atoms with Gasteiger partial charge in [-0.2, -0.15) is 0 Å². The number of hydrogen-bond acceptors (Lipinski definition) is 3. The van der Waals surface area contributed by atoms with Crippen molar-refractivity contribution < 1.29 is 14.7 Å². The molecule has 1 N–H and O–H groups in total. The minimum Gasteiger partial charge on any atom is -0.477 e. The molecule has 5 heteroatoms. The third-order valence-electron chi connectivity index (χ3n) is 4.82. The van der Waals surface area contributed by atoms with E-state index in [0.717, 1.165) is 38.8 Å². The number of carbonyl (C=O) groups is 2. The normalized spacial score (nSPS) is 15.1. The zero-order valence-corrected chi connectivity index (χ0v) is 14.1. The van der Waals surface area contributed by atoms with E-state index in [1.54, 1.807) is 6.07 Å². The lowest BCUT2D eigenvalue weighted by Gasteiger charge is -2.32. The number of carbonyl (C=O) groups excluding carboxylic acids is 1. The molecular weight excluding hydrogens is 316 g/mol. The predicted octanol–water partition coefficient (Wildman–Crippen LogP) is 3.26. The van der Waals surface area contributed by atoms with Crippen molar-refractivity contribution in [2.45, 2.75) is 25.7 Å². The second-order valence-electron chi connectivity index (χ2n) is 6.50. The molecule has 5 nitrogen and oxygen atoms in total. The van der Waals surface area contributed by atoms with Gasteiger partial charge in [0.2, 0.25) is 0 Å². The van der Waals surface area contributed by atoms with Gasteiger partial charge in [0.25, 0.3) is 5.91 Å². The van der Waals surface area contributed by atoms with Gasteiger partial charge in [-0.3, -0.25) is 4.79 Å². The van der Waals surface area contributed by atoms with Crippen molar-refractivity contribution in [3.05, 3.63) is 65.5 Å². The lowest BCUT2D eigenvalue weighted by atomic mass is 9.90. The van der Waals surface area contributed by atoms with Crippen molar-refractivity contribution in [3.63, 3.8) is 0 Å². The van der Waals surface area contributed by atoms with E-state index in [9.17, 15) is 9.59 Å². The van der Waals surface area contributed by atoms with E-state index in [2.05, 4.69) is 29.2 Å². The Hall–Kier alpha value is -2.69. The minimum atomic E-state index is -1.08. The lowest BCUT2D eigenvalue weighted by molar-refractivity contribution is 0.0673. The van der Waals surface area contributed by atoms with E-state index in [-0.39, 0.29) is 11.6 Å². The third kappa shape index (κ3) is 4.44. The molecule has 3 rings (SSSR count). The Labute approximate surface area is 147 Å². The second-order valence-corrected chi connectivity index (χ2v) is 6.50. The topological polar surface area (TPSA) is 70.5 Å². The fourth-order valence-corrected chi connectivity index (χ4v) is 3.27. The smallest absolute Gasteiger partial charge is 0.354 e. The number of amides is 1. The molecule has 0 unspecified atom stereocenters. The van der Waals surface area contributed by atoms with Gasteiger partial charge in [-0.05, 0) is 49.3 Å². The van der Waals surface area contributed by atoms with Crippen LogP contribution in [0, 0.1) is 5.92 Å². The Morgan fingerprint density at radius 2 is 1.80 bits per heavy atom. The summed E-state index contributed by atoms with van der Waals surface area (Å²) < 4.78 is 0. The highest BCUT2D eigenvalue weighted by Gasteiger charge is 2.23. The van der Waals surface area contributed by atoms with Gasteiger partial charge in [0.15, 0.2) is 0 Å². The maximum absolute atomic E-state index is 12.5. The van der Waals surface area contributed by atoms with Crippen LogP contribution in [0.5, 0.6) is 0 Å². The maximum Gasteiger partial charge on any atom is 0.354 e. The van der Waals surface area contributed by atoms with E-state index in [0.29, 0.717) is 11.5 Å². The molecule has 1 aliphatic rings. The summed E-state index contributed by atoms with van der Waals surface area (Å²) in [5.74, 6) is -0.499. The van der Waals surface area contributed by atoms with Crippen LogP contribution in [-0.2, 0) is 6.42 Å². The second kappa shape index (κ2) is 7.92. The van der Waals surface area contributed by atoms with E-state index >= 15 is 0 Å². The number of carboxylic acids is 1. The first-order valence-corrected chi connectivity index (χ1v) is 8.66. The van der Waals surface area contributed by atoms with Crippen molar-refractivity contribution >= 4 is 11.9 Å². The molecule has 2 aromatic rings. The molecule has 0 atom stereocenters. The Bertz CT molecular complexity index is 720. The number of pyridine rings is 1. The van der Waals surface area contributed by atoms with E-state index in [1.807, 2.05) is 11.0 Å². The van der Waals surface area contributed by atoms with Crippen molar-refractivity contribution in [1.29, 1.82) is 0 Å². The van der Waals surface area contributed by atoms with Gasteiger partial charge in [0, 0.05) is 19.3 Å². The quantitative estimate of drug-likeness (QED) is 0.908. The lowest BCUT2D eigenvalue weighted by Crippen LogP contribution is -2.38. The average Bonchev–Trinajstić information content (AvgIpc) is 2.67. The van der Waals surface area contributed by atoms with E-state index in [4.69, 9.17) is 5.11 Å². The largest absolute Gasteiger partial charge is 0.477 e. The molecule has 0 bridgehead atoms. The number of nitrogens with zero attached hydrogens (tertiary/aromatic N) is 2. The molecule has 2 heterocycles. The Balaban J connectivity index is 1.49. The van der Waals surface area contributed by atoms with E-state index in [1.165, 1.54) is 17.8 Å². The Morgan fingerprint density at radius 3 is 2.40 bits per heavy atom. The molecule has 0 spiro atoms. The molecule has 0 saturated carbocycles. The maximum atomic E-state index is 12.5. The molecule has 0 aliphatic carbocycles. The summed E-state index contributed by atoms with van der Waals surface area (Å²) in [7, 11) is 0. The fourth-order valence-electron chi connectivity index (χ4n) is 3.27. The predicted molar refractivity (Wildman–Crippen MR) is 94.6 cm³/mol. The summed E-state index contributed by atoms with van der Waals surface area (Å²) in [4.78, 5) is 29.0. The SMILES string of the molecule is O=C(O)c1ccc(C(=O)N2CCC(CCc3ccccc3)CC2)cn1. The number of hydrogen-bond donors (Lipinski definition) is 1. The van der Waals surface area contributed by atoms with Crippen LogP contribution in [0.15, 0.2) is 48.7 Å². The first kappa shape index (κ1) is 17.1. The molecule has 1 aliphatic heterocycles. The third-order valence-corrected chi connectivity index (χ3v) is 4.82. The highest BCUT2D eigenvalue weighted by Crippen LogP contribution is 2.23. The summed E-state index contributed by atoms with van der Waals surface area (Å²) in [6.45, 7) is 1.50. The molecular formula is C20H22N2O3. The van der Waals surface area contributed by atoms with Crippen LogP contribution in [0.4, 0.5) is 0 Å². The van der Waals surface area contributed by atoms with Crippen molar-refractivity contribution in [1.82, 2.24) is 9.88 Å². The number of likely N-dealkylation sites (tertiary alicyclic amines) is 1. The number of carboxylic acid groups (broad SMARTS) is 1. The molecule has 0 radical (unpaired) electrons. The standard InChI is InChI=1S/C20H22N2O3/c23-19(17-8-9-18(20(24)25)21-14-17)22-12-10-16(11-13-22)7-6-15-4-2-1-3-5-15/h1-5,8-9,14,16H,6-7,10-13H2,(H,24,25). The van der Waals surface area contributed by atoms with Crippen molar-refractivity contribution in [3.8, 4) is 0 Å². The van der Waals surface area contributed by atoms with Crippen LogP contribution in [0.3, 0.4) is 0 Å². The number of aromatic carboxylic acids is 1. The summed E-state index contributed by atoms with van der Waals surface area (Å²) >= 11 is 0. The monoisotopic (exact) mass is 338 g/mol. The van der Waals surface area contributed by atoms with Crippen LogP contribution >= 0.6 is 0 Å². The Kier molecular flexibility index (Phi) is 5.43.